The molecule has 90 valence electrons. The zero-order chi connectivity index (χ0) is 11.3. The number of benzene rings is 1. The number of carbonyl (C=O) groups excluding carboxylic acids is 1. The van der Waals surface area contributed by atoms with Gasteiger partial charge in [-0.2, -0.15) is 0 Å². The van der Waals surface area contributed by atoms with Gasteiger partial charge in [0.25, 0.3) is 0 Å². The van der Waals surface area contributed by atoms with Crippen molar-refractivity contribution < 1.29 is 13.9 Å². The Labute approximate surface area is 100 Å². The largest absolute Gasteiger partial charge is 0.465 e. The molecule has 0 fully saturated rings. The van der Waals surface area contributed by atoms with Gasteiger partial charge in [-0.3, -0.25) is 4.79 Å². The van der Waals surface area contributed by atoms with Gasteiger partial charge in [-0.05, 0) is 31.0 Å². The minimum Gasteiger partial charge on any atom is -0.465 e. The molecule has 1 aromatic carbocycles. The van der Waals surface area contributed by atoms with Crippen LogP contribution in [0.2, 0.25) is 0 Å². The van der Waals surface area contributed by atoms with E-state index in [0.717, 1.165) is 0 Å². The molecule has 0 aliphatic rings. The van der Waals surface area contributed by atoms with E-state index in [-0.39, 0.29) is 24.6 Å². The smallest absolute Gasteiger partial charge is 0.323 e. The minimum atomic E-state index is -0.730. The Morgan fingerprint density at radius 3 is 2.81 bits per heavy atom. The van der Waals surface area contributed by atoms with Crippen molar-refractivity contribution in [2.45, 2.75) is 19.4 Å². The van der Waals surface area contributed by atoms with Crippen LogP contribution in [0, 0.1) is 5.82 Å². The molecule has 0 radical (unpaired) electrons. The van der Waals surface area contributed by atoms with E-state index >= 15 is 0 Å². The van der Waals surface area contributed by atoms with Crippen LogP contribution in [0.4, 0.5) is 4.39 Å². The lowest BCUT2D eigenvalue weighted by Crippen LogP contribution is -2.34. The lowest BCUT2D eigenvalue weighted by Gasteiger charge is -2.10. The van der Waals surface area contributed by atoms with Crippen molar-refractivity contribution in [2.24, 2.45) is 5.73 Å². The van der Waals surface area contributed by atoms with E-state index < -0.39 is 12.0 Å². The number of hydrogen-bond acceptors (Lipinski definition) is 3. The molecular formula is C11H15ClFNO2. The molecular weight excluding hydrogens is 233 g/mol. The van der Waals surface area contributed by atoms with Crippen molar-refractivity contribution in [3.8, 4) is 0 Å². The fourth-order valence-electron chi connectivity index (χ4n) is 1.25. The standard InChI is InChI=1S/C11H14FNO2.ClH/c1-2-15-11(14)10(13)7-8-4-3-5-9(12)6-8;/h3-6,10H,2,7,13H2,1H3;1H/t10-;/m0./s1. The first kappa shape index (κ1) is 14.9. The summed E-state index contributed by atoms with van der Waals surface area (Å²) in [6, 6.07) is 5.29. The highest BCUT2D eigenvalue weighted by atomic mass is 35.5. The molecule has 0 aliphatic carbocycles. The molecule has 0 saturated carbocycles. The summed E-state index contributed by atoms with van der Waals surface area (Å²) >= 11 is 0. The number of nitrogens with two attached hydrogens (primary N) is 1. The van der Waals surface area contributed by atoms with Crippen LogP contribution in [0.25, 0.3) is 0 Å². The summed E-state index contributed by atoms with van der Waals surface area (Å²) in [5.74, 6) is -0.787. The van der Waals surface area contributed by atoms with Crippen molar-refractivity contribution in [3.63, 3.8) is 0 Å². The molecule has 0 amide bonds. The van der Waals surface area contributed by atoms with Gasteiger partial charge in [0.15, 0.2) is 0 Å². The minimum absolute atomic E-state index is 0. The van der Waals surface area contributed by atoms with E-state index in [2.05, 4.69) is 0 Å². The van der Waals surface area contributed by atoms with Crippen molar-refractivity contribution in [1.82, 2.24) is 0 Å². The van der Waals surface area contributed by atoms with Gasteiger partial charge < -0.3 is 10.5 Å². The Morgan fingerprint density at radius 1 is 1.56 bits per heavy atom. The molecule has 0 aliphatic heterocycles. The molecule has 0 spiro atoms. The van der Waals surface area contributed by atoms with E-state index in [4.69, 9.17) is 10.5 Å². The average molecular weight is 248 g/mol. The molecule has 1 atom stereocenters. The van der Waals surface area contributed by atoms with Crippen molar-refractivity contribution in [2.75, 3.05) is 6.61 Å². The molecule has 0 unspecified atom stereocenters. The number of ether oxygens (including phenoxy) is 1. The Balaban J connectivity index is 0.00000225. The molecule has 5 heteroatoms. The van der Waals surface area contributed by atoms with E-state index in [1.165, 1.54) is 12.1 Å². The van der Waals surface area contributed by atoms with Gasteiger partial charge >= 0.3 is 5.97 Å². The first-order chi connectivity index (χ1) is 7.13. The summed E-state index contributed by atoms with van der Waals surface area (Å²) in [4.78, 5) is 11.2. The number of hydrogen-bond donors (Lipinski definition) is 1. The maximum absolute atomic E-state index is 12.8. The summed E-state index contributed by atoms with van der Waals surface area (Å²) in [7, 11) is 0. The van der Waals surface area contributed by atoms with E-state index in [9.17, 15) is 9.18 Å². The van der Waals surface area contributed by atoms with Crippen LogP contribution in [-0.4, -0.2) is 18.6 Å². The Hall–Kier alpha value is -1.13. The highest BCUT2D eigenvalue weighted by Gasteiger charge is 2.14. The van der Waals surface area contributed by atoms with E-state index in [0.29, 0.717) is 12.2 Å². The van der Waals surface area contributed by atoms with Crippen LogP contribution in [0.15, 0.2) is 24.3 Å². The summed E-state index contributed by atoms with van der Waals surface area (Å²) in [5, 5.41) is 0. The molecule has 3 nitrogen and oxygen atoms in total. The summed E-state index contributed by atoms with van der Waals surface area (Å²) in [6.07, 6.45) is 0.288. The molecule has 0 bridgehead atoms. The molecule has 1 aromatic rings. The fourth-order valence-corrected chi connectivity index (χ4v) is 1.25. The van der Waals surface area contributed by atoms with Gasteiger partial charge in [0.1, 0.15) is 11.9 Å². The van der Waals surface area contributed by atoms with E-state index in [1.807, 2.05) is 0 Å². The van der Waals surface area contributed by atoms with Crippen LogP contribution in [0.5, 0.6) is 0 Å². The van der Waals surface area contributed by atoms with Crippen LogP contribution >= 0.6 is 12.4 Å². The molecule has 0 saturated heterocycles. The van der Waals surface area contributed by atoms with Gasteiger partial charge in [-0.15, -0.1) is 12.4 Å². The molecule has 1 rings (SSSR count). The van der Waals surface area contributed by atoms with Crippen LogP contribution < -0.4 is 5.73 Å². The molecule has 2 N–H and O–H groups in total. The maximum Gasteiger partial charge on any atom is 0.323 e. The lowest BCUT2D eigenvalue weighted by atomic mass is 10.1. The summed E-state index contributed by atoms with van der Waals surface area (Å²) < 4.78 is 17.6. The van der Waals surface area contributed by atoms with Gasteiger partial charge in [-0.25, -0.2) is 4.39 Å². The molecule has 0 aromatic heterocycles. The zero-order valence-corrected chi connectivity index (χ0v) is 9.80. The normalized spacial score (nSPS) is 11.4. The van der Waals surface area contributed by atoms with Crippen LogP contribution in [0.3, 0.4) is 0 Å². The monoisotopic (exact) mass is 247 g/mol. The second-order valence-corrected chi connectivity index (χ2v) is 3.19. The highest BCUT2D eigenvalue weighted by Crippen LogP contribution is 2.06. The average Bonchev–Trinajstić information content (AvgIpc) is 2.18. The van der Waals surface area contributed by atoms with Gasteiger partial charge in [0.2, 0.25) is 0 Å². The Kier molecular flexibility index (Phi) is 6.69. The topological polar surface area (TPSA) is 52.3 Å². The lowest BCUT2D eigenvalue weighted by molar-refractivity contribution is -0.144. The fraction of sp³-hybridized carbons (Fsp3) is 0.364. The van der Waals surface area contributed by atoms with E-state index in [1.54, 1.807) is 19.1 Å². The SMILES string of the molecule is CCOC(=O)[C@@H](N)Cc1cccc(F)c1.Cl. The second kappa shape index (κ2) is 7.19. The van der Waals surface area contributed by atoms with Crippen molar-refractivity contribution >= 4 is 18.4 Å². The third kappa shape index (κ3) is 4.59. The predicted molar refractivity (Wildman–Crippen MR) is 62.0 cm³/mol. The second-order valence-electron chi connectivity index (χ2n) is 3.19. The van der Waals surface area contributed by atoms with Gasteiger partial charge in [0, 0.05) is 0 Å². The quantitative estimate of drug-likeness (QED) is 0.824. The van der Waals surface area contributed by atoms with Crippen molar-refractivity contribution in [3.05, 3.63) is 35.6 Å². The number of rotatable bonds is 4. The maximum atomic E-state index is 12.8. The Bertz CT molecular complexity index is 347. The van der Waals surface area contributed by atoms with Crippen LogP contribution in [-0.2, 0) is 16.0 Å². The molecule has 0 heterocycles. The van der Waals surface area contributed by atoms with Gasteiger partial charge in [-0.1, -0.05) is 12.1 Å². The first-order valence-electron chi connectivity index (χ1n) is 4.80. The highest BCUT2D eigenvalue weighted by molar-refractivity contribution is 5.85. The third-order valence-corrected chi connectivity index (χ3v) is 1.93. The number of carbonyl (C=O) groups is 1. The van der Waals surface area contributed by atoms with Crippen molar-refractivity contribution in [1.29, 1.82) is 0 Å². The number of esters is 1. The summed E-state index contributed by atoms with van der Waals surface area (Å²) in [6.45, 7) is 2.02. The van der Waals surface area contributed by atoms with Crippen LogP contribution in [0.1, 0.15) is 12.5 Å². The Morgan fingerprint density at radius 2 is 2.25 bits per heavy atom. The third-order valence-electron chi connectivity index (χ3n) is 1.93. The number of halogens is 2. The first-order valence-corrected chi connectivity index (χ1v) is 4.80. The predicted octanol–water partition coefficient (Wildman–Crippen LogP) is 1.68. The molecule has 16 heavy (non-hydrogen) atoms. The summed E-state index contributed by atoms with van der Waals surface area (Å²) in [5.41, 5.74) is 6.28. The van der Waals surface area contributed by atoms with Gasteiger partial charge in [0.05, 0.1) is 6.61 Å². The zero-order valence-electron chi connectivity index (χ0n) is 8.98.